The van der Waals surface area contributed by atoms with E-state index in [1.54, 1.807) is 6.20 Å². The summed E-state index contributed by atoms with van der Waals surface area (Å²) in [6, 6.07) is 3.97. The third-order valence-electron chi connectivity index (χ3n) is 3.86. The van der Waals surface area contributed by atoms with Crippen LogP contribution in [0.3, 0.4) is 0 Å². The summed E-state index contributed by atoms with van der Waals surface area (Å²) in [6.07, 6.45) is 4.23. The molecule has 1 aromatic heterocycles. The van der Waals surface area contributed by atoms with E-state index >= 15 is 0 Å². The van der Waals surface area contributed by atoms with Crippen LogP contribution in [-0.2, 0) is 6.54 Å². The number of likely N-dealkylation sites (tertiary alicyclic amines) is 1. The van der Waals surface area contributed by atoms with Gasteiger partial charge in [-0.15, -0.1) is 0 Å². The van der Waals surface area contributed by atoms with Gasteiger partial charge in [0.25, 0.3) is 0 Å². The van der Waals surface area contributed by atoms with E-state index in [0.717, 1.165) is 30.5 Å². The van der Waals surface area contributed by atoms with Crippen molar-refractivity contribution in [2.24, 2.45) is 10.9 Å². The number of aromatic nitrogens is 1. The van der Waals surface area contributed by atoms with Crippen LogP contribution in [0.25, 0.3) is 0 Å². The zero-order valence-corrected chi connectivity index (χ0v) is 13.3. The number of guanidine groups is 1. The molecule has 116 valence electrons. The van der Waals surface area contributed by atoms with Gasteiger partial charge in [0, 0.05) is 38.4 Å². The molecule has 1 aromatic rings. The molecular weight excluding hydrogens is 264 g/mol. The molecule has 1 saturated heterocycles. The fourth-order valence-electron chi connectivity index (χ4n) is 2.55. The number of pyridine rings is 1. The van der Waals surface area contributed by atoms with Gasteiger partial charge in [-0.05, 0) is 31.7 Å². The molecule has 2 rings (SSSR count). The Balaban J connectivity index is 1.94. The lowest BCUT2D eigenvalue weighted by Gasteiger charge is -2.33. The minimum Gasteiger partial charge on any atom is -0.478 e. The smallest absolute Gasteiger partial charge is 0.218 e. The molecule has 5 nitrogen and oxygen atoms in total. The molecule has 1 fully saturated rings. The molecule has 0 radical (unpaired) electrons. The van der Waals surface area contributed by atoms with Gasteiger partial charge >= 0.3 is 0 Å². The number of ether oxygens (including phenoxy) is 1. The van der Waals surface area contributed by atoms with Crippen LogP contribution in [0.4, 0.5) is 0 Å². The molecule has 0 unspecified atom stereocenters. The second kappa shape index (κ2) is 7.86. The van der Waals surface area contributed by atoms with Gasteiger partial charge in [0.15, 0.2) is 5.96 Å². The second-order valence-corrected chi connectivity index (χ2v) is 5.47. The molecule has 0 atom stereocenters. The van der Waals surface area contributed by atoms with E-state index < -0.39 is 0 Å². The van der Waals surface area contributed by atoms with E-state index in [9.17, 15) is 0 Å². The summed E-state index contributed by atoms with van der Waals surface area (Å²) in [4.78, 5) is 11.0. The van der Waals surface area contributed by atoms with Crippen LogP contribution < -0.4 is 10.1 Å². The highest BCUT2D eigenvalue weighted by Gasteiger charge is 2.18. The monoisotopic (exact) mass is 290 g/mol. The van der Waals surface area contributed by atoms with Gasteiger partial charge in [0.05, 0.1) is 6.61 Å². The Morgan fingerprint density at radius 2 is 2.24 bits per heavy atom. The number of nitrogens with one attached hydrogen (secondary N) is 1. The van der Waals surface area contributed by atoms with Gasteiger partial charge in [-0.3, -0.25) is 4.99 Å². The number of rotatable bonds is 4. The van der Waals surface area contributed by atoms with Crippen molar-refractivity contribution in [3.63, 3.8) is 0 Å². The van der Waals surface area contributed by atoms with Crippen molar-refractivity contribution in [3.8, 4) is 5.88 Å². The molecule has 0 bridgehead atoms. The summed E-state index contributed by atoms with van der Waals surface area (Å²) in [6.45, 7) is 7.75. The van der Waals surface area contributed by atoms with Crippen LogP contribution in [0.1, 0.15) is 32.3 Å². The van der Waals surface area contributed by atoms with Crippen molar-refractivity contribution < 1.29 is 4.74 Å². The maximum Gasteiger partial charge on any atom is 0.218 e. The molecule has 5 heteroatoms. The quantitative estimate of drug-likeness (QED) is 0.683. The maximum atomic E-state index is 5.56. The third-order valence-corrected chi connectivity index (χ3v) is 3.86. The Bertz CT molecular complexity index is 467. The summed E-state index contributed by atoms with van der Waals surface area (Å²) >= 11 is 0. The Kier molecular flexibility index (Phi) is 5.84. The molecule has 0 spiro atoms. The summed E-state index contributed by atoms with van der Waals surface area (Å²) in [5.41, 5.74) is 1.06. The van der Waals surface area contributed by atoms with Gasteiger partial charge in [-0.1, -0.05) is 13.0 Å². The van der Waals surface area contributed by atoms with Gasteiger partial charge in [-0.2, -0.15) is 0 Å². The first kappa shape index (κ1) is 15.6. The van der Waals surface area contributed by atoms with E-state index in [4.69, 9.17) is 4.74 Å². The molecule has 0 amide bonds. The van der Waals surface area contributed by atoms with E-state index in [1.807, 2.05) is 26.1 Å². The predicted octanol–water partition coefficient (Wildman–Crippen LogP) is 2.29. The van der Waals surface area contributed by atoms with Gasteiger partial charge < -0.3 is 15.0 Å². The van der Waals surface area contributed by atoms with Crippen molar-refractivity contribution in [1.29, 1.82) is 0 Å². The van der Waals surface area contributed by atoms with Crippen LogP contribution in [0, 0.1) is 5.92 Å². The first-order valence-electron chi connectivity index (χ1n) is 7.76. The van der Waals surface area contributed by atoms with Crippen molar-refractivity contribution in [2.75, 3.05) is 26.7 Å². The highest BCUT2D eigenvalue weighted by Crippen LogP contribution is 2.17. The van der Waals surface area contributed by atoms with Crippen LogP contribution >= 0.6 is 0 Å². The highest BCUT2D eigenvalue weighted by molar-refractivity contribution is 5.80. The summed E-state index contributed by atoms with van der Waals surface area (Å²) < 4.78 is 5.56. The van der Waals surface area contributed by atoms with E-state index in [-0.39, 0.29) is 0 Å². The number of nitrogens with zero attached hydrogens (tertiary/aromatic N) is 3. The minimum atomic E-state index is 0.628. The maximum absolute atomic E-state index is 5.56. The standard InChI is InChI=1S/C16H26N4O/c1-4-21-15-14(6-5-9-18-15)12-19-16(17-3)20-10-7-13(2)8-11-20/h5-6,9,13H,4,7-8,10-12H2,1-3H3,(H,17,19). The number of piperidine rings is 1. The molecule has 21 heavy (non-hydrogen) atoms. The molecule has 0 aliphatic carbocycles. The lowest BCUT2D eigenvalue weighted by Crippen LogP contribution is -2.45. The van der Waals surface area contributed by atoms with Crippen molar-refractivity contribution in [3.05, 3.63) is 23.9 Å². The van der Waals surface area contributed by atoms with Crippen LogP contribution in [-0.4, -0.2) is 42.6 Å². The van der Waals surface area contributed by atoms with Gasteiger partial charge in [0.1, 0.15) is 0 Å². The first-order chi connectivity index (χ1) is 10.2. The Morgan fingerprint density at radius 3 is 2.90 bits per heavy atom. The minimum absolute atomic E-state index is 0.628. The lowest BCUT2D eigenvalue weighted by molar-refractivity contribution is 0.273. The first-order valence-corrected chi connectivity index (χ1v) is 7.76. The molecule has 1 N–H and O–H groups in total. The van der Waals surface area contributed by atoms with Crippen LogP contribution in [0.5, 0.6) is 5.88 Å². The Morgan fingerprint density at radius 1 is 1.48 bits per heavy atom. The van der Waals surface area contributed by atoms with Crippen LogP contribution in [0.2, 0.25) is 0 Å². The molecule has 0 aromatic carbocycles. The highest BCUT2D eigenvalue weighted by atomic mass is 16.5. The average Bonchev–Trinajstić information content (AvgIpc) is 2.51. The third kappa shape index (κ3) is 4.34. The van der Waals surface area contributed by atoms with Crippen molar-refractivity contribution in [2.45, 2.75) is 33.2 Å². The van der Waals surface area contributed by atoms with E-state index in [0.29, 0.717) is 19.0 Å². The second-order valence-electron chi connectivity index (χ2n) is 5.47. The summed E-state index contributed by atoms with van der Waals surface area (Å²) in [7, 11) is 1.84. The number of hydrogen-bond donors (Lipinski definition) is 1. The SMILES string of the molecule is CCOc1ncccc1CNC(=NC)N1CCC(C)CC1. The van der Waals surface area contributed by atoms with Gasteiger partial charge in [0.2, 0.25) is 5.88 Å². The topological polar surface area (TPSA) is 49.8 Å². The predicted molar refractivity (Wildman–Crippen MR) is 85.6 cm³/mol. The normalized spacial score (nSPS) is 16.9. The lowest BCUT2D eigenvalue weighted by atomic mass is 10.00. The summed E-state index contributed by atoms with van der Waals surface area (Å²) in [5, 5.41) is 3.42. The Hall–Kier alpha value is -1.78. The van der Waals surface area contributed by atoms with Crippen molar-refractivity contribution in [1.82, 2.24) is 15.2 Å². The molecular formula is C16H26N4O. The van der Waals surface area contributed by atoms with E-state index in [2.05, 4.69) is 27.1 Å². The zero-order chi connectivity index (χ0) is 15.1. The Labute approximate surface area is 127 Å². The molecule has 1 aliphatic heterocycles. The van der Waals surface area contributed by atoms with E-state index in [1.165, 1.54) is 12.8 Å². The van der Waals surface area contributed by atoms with Crippen molar-refractivity contribution >= 4 is 5.96 Å². The summed E-state index contributed by atoms with van der Waals surface area (Å²) in [5.74, 6) is 2.49. The average molecular weight is 290 g/mol. The number of hydrogen-bond acceptors (Lipinski definition) is 3. The molecule has 2 heterocycles. The fraction of sp³-hybridized carbons (Fsp3) is 0.625. The number of aliphatic imine (C=N–C) groups is 1. The zero-order valence-electron chi connectivity index (χ0n) is 13.3. The fourth-order valence-corrected chi connectivity index (χ4v) is 2.55. The molecule has 0 saturated carbocycles. The molecule has 1 aliphatic rings. The van der Waals surface area contributed by atoms with Crippen LogP contribution in [0.15, 0.2) is 23.3 Å². The largest absolute Gasteiger partial charge is 0.478 e. The van der Waals surface area contributed by atoms with Gasteiger partial charge in [-0.25, -0.2) is 4.98 Å².